The zero-order valence-electron chi connectivity index (χ0n) is 16.8. The predicted molar refractivity (Wildman–Crippen MR) is 116 cm³/mol. The Morgan fingerprint density at radius 1 is 1.17 bits per heavy atom. The Morgan fingerprint density at radius 2 is 1.90 bits per heavy atom. The van der Waals surface area contributed by atoms with Crippen LogP contribution in [0.25, 0.3) is 11.1 Å². The van der Waals surface area contributed by atoms with Crippen molar-refractivity contribution in [2.75, 3.05) is 7.11 Å². The molecule has 5 nitrogen and oxygen atoms in total. The number of nitrogens with zero attached hydrogens (tertiary/aromatic N) is 2. The minimum absolute atomic E-state index is 0.342. The van der Waals surface area contributed by atoms with Crippen molar-refractivity contribution in [3.05, 3.63) is 76.3 Å². The Kier molecular flexibility index (Phi) is 7.07. The number of ether oxygens (including phenoxy) is 1. The predicted octanol–water partition coefficient (Wildman–Crippen LogP) is 4.84. The van der Waals surface area contributed by atoms with Crippen LogP contribution < -0.4 is 5.73 Å². The van der Waals surface area contributed by atoms with E-state index >= 15 is 0 Å². The van der Waals surface area contributed by atoms with E-state index in [0.29, 0.717) is 23.8 Å². The van der Waals surface area contributed by atoms with Gasteiger partial charge >= 0.3 is 5.97 Å². The van der Waals surface area contributed by atoms with Crippen LogP contribution in [0.5, 0.6) is 0 Å². The lowest BCUT2D eigenvalue weighted by atomic mass is 9.98. The molecule has 0 unspecified atom stereocenters. The smallest absolute Gasteiger partial charge is 0.338 e. The summed E-state index contributed by atoms with van der Waals surface area (Å²) in [5.74, 6) is 0.628. The first-order chi connectivity index (χ1) is 14.1. The maximum Gasteiger partial charge on any atom is 0.338 e. The Bertz CT molecular complexity index is 980. The largest absolute Gasteiger partial charge is 0.465 e. The molecule has 3 rings (SSSR count). The second kappa shape index (κ2) is 9.72. The SMILES string of the molecule is CCCCc1nc(Cl)c(CN)n1Cc1ccc(-c2ccccc2C(=O)OC)cc1. The Hall–Kier alpha value is -2.63. The van der Waals surface area contributed by atoms with Crippen LogP contribution in [0.1, 0.15) is 47.2 Å². The third-order valence-corrected chi connectivity index (χ3v) is 5.29. The first-order valence-electron chi connectivity index (χ1n) is 9.79. The van der Waals surface area contributed by atoms with Crippen LogP contribution >= 0.6 is 11.6 Å². The number of imidazole rings is 1. The third-order valence-electron chi connectivity index (χ3n) is 4.99. The fraction of sp³-hybridized carbons (Fsp3) is 0.304. The van der Waals surface area contributed by atoms with Gasteiger partial charge in [-0.3, -0.25) is 0 Å². The van der Waals surface area contributed by atoms with Gasteiger partial charge in [-0.05, 0) is 29.2 Å². The number of hydrogen-bond acceptors (Lipinski definition) is 4. The summed E-state index contributed by atoms with van der Waals surface area (Å²) in [6.45, 7) is 3.16. The molecule has 0 spiro atoms. The zero-order valence-corrected chi connectivity index (χ0v) is 17.6. The molecule has 0 aliphatic carbocycles. The van der Waals surface area contributed by atoms with Gasteiger partial charge in [0.05, 0.1) is 18.4 Å². The van der Waals surface area contributed by atoms with E-state index in [0.717, 1.165) is 47.5 Å². The highest BCUT2D eigenvalue weighted by atomic mass is 35.5. The van der Waals surface area contributed by atoms with Crippen LogP contribution in [0.15, 0.2) is 48.5 Å². The van der Waals surface area contributed by atoms with Crippen molar-refractivity contribution in [1.29, 1.82) is 0 Å². The van der Waals surface area contributed by atoms with Crippen LogP contribution in [0.2, 0.25) is 5.15 Å². The van der Waals surface area contributed by atoms with Crippen molar-refractivity contribution in [3.8, 4) is 11.1 Å². The number of benzene rings is 2. The van der Waals surface area contributed by atoms with E-state index in [1.807, 2.05) is 30.3 Å². The lowest BCUT2D eigenvalue weighted by Gasteiger charge is -2.13. The number of esters is 1. The number of rotatable bonds is 8. The van der Waals surface area contributed by atoms with Crippen LogP contribution in [0, 0.1) is 0 Å². The van der Waals surface area contributed by atoms with Crippen molar-refractivity contribution < 1.29 is 9.53 Å². The minimum atomic E-state index is -0.342. The van der Waals surface area contributed by atoms with Crippen molar-refractivity contribution in [2.24, 2.45) is 5.73 Å². The average molecular weight is 412 g/mol. The van der Waals surface area contributed by atoms with Crippen LogP contribution in [0.4, 0.5) is 0 Å². The number of carbonyl (C=O) groups excluding carboxylic acids is 1. The maximum absolute atomic E-state index is 12.1. The molecule has 2 aromatic carbocycles. The molecule has 0 amide bonds. The Morgan fingerprint density at radius 3 is 2.55 bits per heavy atom. The van der Waals surface area contributed by atoms with E-state index in [-0.39, 0.29) is 5.97 Å². The van der Waals surface area contributed by atoms with E-state index in [1.54, 1.807) is 6.07 Å². The molecule has 0 aliphatic rings. The van der Waals surface area contributed by atoms with Gasteiger partial charge in [-0.2, -0.15) is 0 Å². The first kappa shape index (κ1) is 21.1. The van der Waals surface area contributed by atoms with Gasteiger partial charge in [-0.1, -0.05) is 67.4 Å². The quantitative estimate of drug-likeness (QED) is 0.538. The molecule has 1 heterocycles. The summed E-state index contributed by atoms with van der Waals surface area (Å²) < 4.78 is 7.02. The van der Waals surface area contributed by atoms with Gasteiger partial charge in [0, 0.05) is 19.5 Å². The van der Waals surface area contributed by atoms with E-state index in [4.69, 9.17) is 22.1 Å². The zero-order chi connectivity index (χ0) is 20.8. The molecule has 29 heavy (non-hydrogen) atoms. The molecule has 0 aliphatic heterocycles. The molecule has 152 valence electrons. The number of aromatic nitrogens is 2. The van der Waals surface area contributed by atoms with Gasteiger partial charge in [-0.25, -0.2) is 9.78 Å². The van der Waals surface area contributed by atoms with Gasteiger partial charge in [0.15, 0.2) is 5.15 Å². The van der Waals surface area contributed by atoms with Gasteiger partial charge < -0.3 is 15.0 Å². The highest BCUT2D eigenvalue weighted by Crippen LogP contribution is 2.26. The number of methoxy groups -OCH3 is 1. The second-order valence-corrected chi connectivity index (χ2v) is 7.25. The number of carbonyl (C=O) groups is 1. The molecular weight excluding hydrogens is 386 g/mol. The number of halogens is 1. The maximum atomic E-state index is 12.1. The van der Waals surface area contributed by atoms with E-state index in [1.165, 1.54) is 7.11 Å². The number of aryl methyl sites for hydroxylation is 1. The van der Waals surface area contributed by atoms with Crippen LogP contribution in [-0.4, -0.2) is 22.6 Å². The van der Waals surface area contributed by atoms with E-state index in [9.17, 15) is 4.79 Å². The second-order valence-electron chi connectivity index (χ2n) is 6.89. The summed E-state index contributed by atoms with van der Waals surface area (Å²) in [6, 6.07) is 15.6. The highest BCUT2D eigenvalue weighted by Gasteiger charge is 2.16. The van der Waals surface area contributed by atoms with Crippen molar-refractivity contribution in [2.45, 2.75) is 39.3 Å². The van der Waals surface area contributed by atoms with Gasteiger partial charge in [-0.15, -0.1) is 0 Å². The van der Waals surface area contributed by atoms with Crippen LogP contribution in [0.3, 0.4) is 0 Å². The molecule has 0 saturated carbocycles. The van der Waals surface area contributed by atoms with Gasteiger partial charge in [0.1, 0.15) is 5.82 Å². The molecule has 0 bridgehead atoms. The molecule has 6 heteroatoms. The molecular formula is C23H26ClN3O2. The molecule has 0 atom stereocenters. The lowest BCUT2D eigenvalue weighted by Crippen LogP contribution is -2.12. The summed E-state index contributed by atoms with van der Waals surface area (Å²) in [6.07, 6.45) is 3.03. The van der Waals surface area contributed by atoms with E-state index < -0.39 is 0 Å². The molecule has 0 saturated heterocycles. The summed E-state index contributed by atoms with van der Waals surface area (Å²) in [5, 5.41) is 0.488. The molecule has 0 radical (unpaired) electrons. The number of unbranched alkanes of at least 4 members (excludes halogenated alkanes) is 1. The number of hydrogen-bond donors (Lipinski definition) is 1. The lowest BCUT2D eigenvalue weighted by molar-refractivity contribution is 0.0601. The molecule has 1 aromatic heterocycles. The van der Waals surface area contributed by atoms with Crippen molar-refractivity contribution in [3.63, 3.8) is 0 Å². The fourth-order valence-corrected chi connectivity index (χ4v) is 3.68. The summed E-state index contributed by atoms with van der Waals surface area (Å²) in [4.78, 5) is 16.6. The fourth-order valence-electron chi connectivity index (χ4n) is 3.41. The van der Waals surface area contributed by atoms with Crippen molar-refractivity contribution in [1.82, 2.24) is 9.55 Å². The Balaban J connectivity index is 1.89. The summed E-state index contributed by atoms with van der Waals surface area (Å²) in [7, 11) is 1.39. The van der Waals surface area contributed by atoms with E-state index in [2.05, 4.69) is 28.6 Å². The average Bonchev–Trinajstić information content (AvgIpc) is 3.06. The molecule has 2 N–H and O–H groups in total. The molecule has 0 fully saturated rings. The Labute approximate surface area is 176 Å². The summed E-state index contributed by atoms with van der Waals surface area (Å²) in [5.41, 5.74) is 10.3. The normalized spacial score (nSPS) is 10.9. The number of nitrogens with two attached hydrogens (primary N) is 1. The third kappa shape index (κ3) is 4.69. The minimum Gasteiger partial charge on any atom is -0.465 e. The van der Waals surface area contributed by atoms with Crippen molar-refractivity contribution >= 4 is 17.6 Å². The topological polar surface area (TPSA) is 70.1 Å². The van der Waals surface area contributed by atoms with Crippen LogP contribution in [-0.2, 0) is 24.2 Å². The highest BCUT2D eigenvalue weighted by molar-refractivity contribution is 6.30. The monoisotopic (exact) mass is 411 g/mol. The van der Waals surface area contributed by atoms with Gasteiger partial charge in [0.2, 0.25) is 0 Å². The molecule has 3 aromatic rings. The van der Waals surface area contributed by atoms with Gasteiger partial charge in [0.25, 0.3) is 0 Å². The summed E-state index contributed by atoms with van der Waals surface area (Å²) >= 11 is 6.31. The standard InChI is InChI=1S/C23H26ClN3O2/c1-3-4-9-21-26-22(24)20(14-25)27(21)15-16-10-12-17(13-11-16)18-7-5-6-8-19(18)23(28)29-2/h5-8,10-13H,3-4,9,14-15,25H2,1-2H3. The first-order valence-corrected chi connectivity index (χ1v) is 10.2.